The van der Waals surface area contributed by atoms with Gasteiger partial charge >= 0.3 is 0 Å². The molecule has 0 aromatic heterocycles. The van der Waals surface area contributed by atoms with Gasteiger partial charge in [-0.2, -0.15) is 0 Å². The summed E-state index contributed by atoms with van der Waals surface area (Å²) < 4.78 is 5.74. The smallest absolute Gasteiger partial charge is 0.261 e. The number of hydrogen-bond acceptors (Lipinski definition) is 3. The molecule has 0 aliphatic heterocycles. The van der Waals surface area contributed by atoms with Crippen LogP contribution in [0.5, 0.6) is 5.75 Å². The summed E-state index contributed by atoms with van der Waals surface area (Å²) in [4.78, 5) is 27.2. The molecule has 5 nitrogen and oxygen atoms in total. The largest absolute Gasteiger partial charge is 0.484 e. The molecule has 0 spiro atoms. The summed E-state index contributed by atoms with van der Waals surface area (Å²) in [6.45, 7) is 12.0. The van der Waals surface area contributed by atoms with Crippen molar-refractivity contribution in [2.24, 2.45) is 0 Å². The van der Waals surface area contributed by atoms with Crippen LogP contribution in [0.4, 0.5) is 0 Å². The Morgan fingerprint density at radius 3 is 2.19 bits per heavy atom. The van der Waals surface area contributed by atoms with Crippen molar-refractivity contribution in [3.05, 3.63) is 64.7 Å². The molecule has 2 rings (SSSR count). The zero-order valence-corrected chi connectivity index (χ0v) is 20.0. The third-order valence-corrected chi connectivity index (χ3v) is 5.35. The van der Waals surface area contributed by atoms with Crippen LogP contribution in [0.2, 0.25) is 5.02 Å². The third-order valence-electron chi connectivity index (χ3n) is 4.98. The fraction of sp³-hybridized carbons (Fsp3) is 0.440. The SMILES string of the molecule is CC(C)NC(=O)[C@@H](C)N(Cc1ccccc1Cl)C(=O)COc1ccc(C(C)(C)C)cc1. The van der Waals surface area contributed by atoms with Crippen molar-refractivity contribution >= 4 is 23.4 Å². The fourth-order valence-corrected chi connectivity index (χ4v) is 3.27. The molecule has 168 valence electrons. The highest BCUT2D eigenvalue weighted by Crippen LogP contribution is 2.24. The molecule has 0 saturated heterocycles. The van der Waals surface area contributed by atoms with E-state index < -0.39 is 6.04 Å². The molecular weight excluding hydrogens is 412 g/mol. The van der Waals surface area contributed by atoms with Gasteiger partial charge in [0.15, 0.2) is 6.61 Å². The molecule has 2 aromatic carbocycles. The third kappa shape index (κ3) is 7.28. The van der Waals surface area contributed by atoms with Gasteiger partial charge in [0.2, 0.25) is 5.91 Å². The Labute approximate surface area is 190 Å². The maximum absolute atomic E-state index is 13.1. The first-order chi connectivity index (χ1) is 14.5. The van der Waals surface area contributed by atoms with Crippen LogP contribution >= 0.6 is 11.6 Å². The summed E-state index contributed by atoms with van der Waals surface area (Å²) in [5, 5.41) is 3.42. The quantitative estimate of drug-likeness (QED) is 0.626. The molecule has 0 aliphatic rings. The molecule has 0 heterocycles. The van der Waals surface area contributed by atoms with Crippen molar-refractivity contribution in [2.45, 2.75) is 65.6 Å². The molecule has 1 atom stereocenters. The highest BCUT2D eigenvalue weighted by Gasteiger charge is 2.27. The first kappa shape index (κ1) is 24.7. The molecule has 31 heavy (non-hydrogen) atoms. The summed E-state index contributed by atoms with van der Waals surface area (Å²) in [6.07, 6.45) is 0. The molecule has 0 radical (unpaired) electrons. The summed E-state index contributed by atoms with van der Waals surface area (Å²) in [5.41, 5.74) is 2.00. The molecule has 0 bridgehead atoms. The maximum Gasteiger partial charge on any atom is 0.261 e. The lowest BCUT2D eigenvalue weighted by molar-refractivity contribution is -0.142. The van der Waals surface area contributed by atoms with Crippen LogP contribution in [-0.4, -0.2) is 35.4 Å². The van der Waals surface area contributed by atoms with Crippen molar-refractivity contribution in [3.63, 3.8) is 0 Å². The van der Waals surface area contributed by atoms with Crippen LogP contribution in [0.3, 0.4) is 0 Å². The van der Waals surface area contributed by atoms with Gasteiger partial charge in [0.1, 0.15) is 11.8 Å². The Morgan fingerprint density at radius 1 is 1.03 bits per heavy atom. The van der Waals surface area contributed by atoms with Gasteiger partial charge in [0.25, 0.3) is 5.91 Å². The lowest BCUT2D eigenvalue weighted by Crippen LogP contribution is -2.50. The van der Waals surface area contributed by atoms with Gasteiger partial charge in [0, 0.05) is 17.6 Å². The minimum absolute atomic E-state index is 0.0233. The van der Waals surface area contributed by atoms with Gasteiger partial charge in [-0.3, -0.25) is 9.59 Å². The molecule has 6 heteroatoms. The van der Waals surface area contributed by atoms with Gasteiger partial charge in [-0.25, -0.2) is 0 Å². The minimum Gasteiger partial charge on any atom is -0.484 e. The van der Waals surface area contributed by atoms with Gasteiger partial charge in [-0.1, -0.05) is 62.7 Å². The van der Waals surface area contributed by atoms with Gasteiger partial charge in [-0.05, 0) is 55.5 Å². The number of nitrogens with zero attached hydrogens (tertiary/aromatic N) is 1. The second kappa shape index (κ2) is 10.7. The number of hydrogen-bond donors (Lipinski definition) is 1. The average molecular weight is 445 g/mol. The van der Waals surface area contributed by atoms with Crippen LogP contribution in [0.15, 0.2) is 48.5 Å². The molecule has 0 saturated carbocycles. The summed E-state index contributed by atoms with van der Waals surface area (Å²) in [7, 11) is 0. The Kier molecular flexibility index (Phi) is 8.52. The molecule has 0 aliphatic carbocycles. The highest BCUT2D eigenvalue weighted by molar-refractivity contribution is 6.31. The topological polar surface area (TPSA) is 58.6 Å². The molecule has 1 N–H and O–H groups in total. The zero-order valence-electron chi connectivity index (χ0n) is 19.2. The van der Waals surface area contributed by atoms with E-state index in [4.69, 9.17) is 16.3 Å². The first-order valence-corrected chi connectivity index (χ1v) is 10.9. The number of carbonyl (C=O) groups is 2. The lowest BCUT2D eigenvalue weighted by Gasteiger charge is -2.29. The van der Waals surface area contributed by atoms with Crippen LogP contribution < -0.4 is 10.1 Å². The summed E-state index contributed by atoms with van der Waals surface area (Å²) >= 11 is 6.30. The van der Waals surface area contributed by atoms with E-state index in [2.05, 4.69) is 26.1 Å². The van der Waals surface area contributed by atoms with E-state index in [-0.39, 0.29) is 36.4 Å². The van der Waals surface area contributed by atoms with E-state index >= 15 is 0 Å². The van der Waals surface area contributed by atoms with Gasteiger partial charge < -0.3 is 15.0 Å². The van der Waals surface area contributed by atoms with Crippen molar-refractivity contribution < 1.29 is 14.3 Å². The van der Waals surface area contributed by atoms with E-state index in [1.54, 1.807) is 13.0 Å². The van der Waals surface area contributed by atoms with Crippen LogP contribution in [0.25, 0.3) is 0 Å². The van der Waals surface area contributed by atoms with Gasteiger partial charge in [0.05, 0.1) is 0 Å². The Hall–Kier alpha value is -2.53. The molecule has 2 amide bonds. The highest BCUT2D eigenvalue weighted by atomic mass is 35.5. The lowest BCUT2D eigenvalue weighted by atomic mass is 9.87. The fourth-order valence-electron chi connectivity index (χ4n) is 3.08. The van der Waals surface area contributed by atoms with E-state index in [9.17, 15) is 9.59 Å². The number of carbonyl (C=O) groups excluding carboxylic acids is 2. The van der Waals surface area contributed by atoms with E-state index in [0.29, 0.717) is 10.8 Å². The van der Waals surface area contributed by atoms with Crippen molar-refractivity contribution in [3.8, 4) is 5.75 Å². The summed E-state index contributed by atoms with van der Waals surface area (Å²) in [5.74, 6) is 0.106. The number of nitrogens with one attached hydrogen (secondary N) is 1. The average Bonchev–Trinajstić information content (AvgIpc) is 2.70. The summed E-state index contributed by atoms with van der Waals surface area (Å²) in [6, 6.07) is 14.3. The number of rotatable bonds is 8. The second-order valence-corrected chi connectivity index (χ2v) is 9.42. The second-order valence-electron chi connectivity index (χ2n) is 9.02. The zero-order chi connectivity index (χ0) is 23.2. The molecular formula is C25H33ClN2O3. The number of amides is 2. The molecule has 2 aromatic rings. The first-order valence-electron chi connectivity index (χ1n) is 10.6. The predicted octanol–water partition coefficient (Wildman–Crippen LogP) is 4.96. The Bertz CT molecular complexity index is 888. The number of ether oxygens (including phenoxy) is 1. The maximum atomic E-state index is 13.1. The van der Waals surface area contributed by atoms with Crippen LogP contribution in [0.1, 0.15) is 52.7 Å². The predicted molar refractivity (Wildman–Crippen MR) is 125 cm³/mol. The van der Waals surface area contributed by atoms with Gasteiger partial charge in [-0.15, -0.1) is 0 Å². The normalized spacial score (nSPS) is 12.4. The van der Waals surface area contributed by atoms with Crippen LogP contribution in [0, 0.1) is 0 Å². The van der Waals surface area contributed by atoms with Crippen molar-refractivity contribution in [1.82, 2.24) is 10.2 Å². The van der Waals surface area contributed by atoms with Crippen LogP contribution in [-0.2, 0) is 21.5 Å². The van der Waals surface area contributed by atoms with E-state index in [0.717, 1.165) is 5.56 Å². The minimum atomic E-state index is -0.668. The number of halogens is 1. The standard InChI is InChI=1S/C25H33ClN2O3/c1-17(2)27-24(30)18(3)28(15-19-9-7-8-10-22(19)26)23(29)16-31-21-13-11-20(12-14-21)25(4,5)6/h7-14,17-18H,15-16H2,1-6H3,(H,27,30)/t18-/m1/s1. The van der Waals surface area contributed by atoms with Crippen molar-refractivity contribution in [1.29, 1.82) is 0 Å². The Morgan fingerprint density at radius 2 is 1.65 bits per heavy atom. The van der Waals surface area contributed by atoms with Crippen molar-refractivity contribution in [2.75, 3.05) is 6.61 Å². The van der Waals surface area contributed by atoms with E-state index in [1.165, 1.54) is 10.5 Å². The Balaban J connectivity index is 2.15. The molecule has 0 unspecified atom stereocenters. The monoisotopic (exact) mass is 444 g/mol. The molecule has 0 fully saturated rings. The number of benzene rings is 2. The van der Waals surface area contributed by atoms with E-state index in [1.807, 2.05) is 56.3 Å².